The lowest BCUT2D eigenvalue weighted by molar-refractivity contribution is -0.142. The minimum atomic E-state index is -0.757. The summed E-state index contributed by atoms with van der Waals surface area (Å²) < 4.78 is 0. The molecule has 3 rings (SSSR count). The predicted molar refractivity (Wildman–Crippen MR) is 73.5 cm³/mol. The van der Waals surface area contributed by atoms with Gasteiger partial charge in [-0.3, -0.25) is 4.79 Å². The van der Waals surface area contributed by atoms with Gasteiger partial charge in [0.25, 0.3) is 0 Å². The fourth-order valence-electron chi connectivity index (χ4n) is 3.99. The van der Waals surface area contributed by atoms with E-state index in [1.807, 2.05) is 0 Å². The normalized spacial score (nSPS) is 32.8. The van der Waals surface area contributed by atoms with Crippen molar-refractivity contribution in [2.75, 3.05) is 26.2 Å². The Labute approximate surface area is 119 Å². The minimum absolute atomic E-state index is 0.0690. The Morgan fingerprint density at radius 3 is 2.60 bits per heavy atom. The first-order chi connectivity index (χ1) is 9.66. The third-order valence-corrected chi connectivity index (χ3v) is 4.99. The number of aliphatic carboxylic acids is 1. The number of amides is 2. The minimum Gasteiger partial charge on any atom is -0.481 e. The lowest BCUT2D eigenvalue weighted by Gasteiger charge is -2.24. The Kier molecular flexibility index (Phi) is 3.83. The zero-order valence-electron chi connectivity index (χ0n) is 11.8. The van der Waals surface area contributed by atoms with E-state index in [1.165, 1.54) is 12.8 Å². The summed E-state index contributed by atoms with van der Waals surface area (Å²) in [4.78, 5) is 27.6. The van der Waals surface area contributed by atoms with Gasteiger partial charge in [0.05, 0.1) is 5.92 Å². The summed E-state index contributed by atoms with van der Waals surface area (Å²) in [7, 11) is 0. The molecule has 2 N–H and O–H groups in total. The Bertz CT molecular complexity index is 395. The average molecular weight is 281 g/mol. The van der Waals surface area contributed by atoms with Crippen LogP contribution >= 0.6 is 0 Å². The lowest BCUT2D eigenvalue weighted by atomic mass is 9.89. The molecule has 3 saturated heterocycles. The second kappa shape index (κ2) is 5.60. The maximum Gasteiger partial charge on any atom is 0.317 e. The molecular weight excluding hydrogens is 258 g/mol. The van der Waals surface area contributed by atoms with E-state index in [9.17, 15) is 14.7 Å². The van der Waals surface area contributed by atoms with Crippen molar-refractivity contribution in [2.24, 2.45) is 5.92 Å². The van der Waals surface area contributed by atoms with Gasteiger partial charge < -0.3 is 20.2 Å². The predicted octanol–water partition coefficient (Wildman–Crippen LogP) is 0.729. The Balaban J connectivity index is 1.49. The highest BCUT2D eigenvalue weighted by Gasteiger charge is 2.51. The molecule has 3 unspecified atom stereocenters. The average Bonchev–Trinajstić information content (AvgIpc) is 3.13. The number of rotatable bonds is 4. The monoisotopic (exact) mass is 281 g/mol. The summed E-state index contributed by atoms with van der Waals surface area (Å²) in [5.41, 5.74) is 0. The molecule has 112 valence electrons. The highest BCUT2D eigenvalue weighted by Crippen LogP contribution is 2.41. The number of urea groups is 1. The summed E-state index contributed by atoms with van der Waals surface area (Å²) in [5, 5.41) is 12.2. The standard InChI is InChI=1S/C14H23N3O3/c18-13(19)11-9-10-3-4-12(11)17(10)14(20)15-5-8-16-6-1-2-7-16/h10-12H,1-9H2,(H,15,20)(H,18,19). The molecule has 20 heavy (non-hydrogen) atoms. The number of hydrogen-bond acceptors (Lipinski definition) is 3. The summed E-state index contributed by atoms with van der Waals surface area (Å²) >= 11 is 0. The quantitative estimate of drug-likeness (QED) is 0.797. The van der Waals surface area contributed by atoms with Crippen LogP contribution < -0.4 is 5.32 Å². The Morgan fingerprint density at radius 1 is 1.20 bits per heavy atom. The molecule has 0 aromatic heterocycles. The van der Waals surface area contributed by atoms with Crippen LogP contribution in [0.2, 0.25) is 0 Å². The van der Waals surface area contributed by atoms with Crippen molar-refractivity contribution >= 4 is 12.0 Å². The molecule has 0 saturated carbocycles. The van der Waals surface area contributed by atoms with Crippen molar-refractivity contribution in [3.05, 3.63) is 0 Å². The molecule has 3 fully saturated rings. The molecule has 3 aliphatic heterocycles. The van der Waals surface area contributed by atoms with Crippen molar-refractivity contribution in [3.63, 3.8) is 0 Å². The maximum absolute atomic E-state index is 12.3. The molecule has 6 nitrogen and oxygen atoms in total. The third kappa shape index (κ3) is 2.49. The van der Waals surface area contributed by atoms with E-state index in [1.54, 1.807) is 4.90 Å². The summed E-state index contributed by atoms with van der Waals surface area (Å²) in [5.74, 6) is -1.12. The molecule has 3 aliphatic rings. The van der Waals surface area contributed by atoms with Crippen LogP contribution in [0.1, 0.15) is 32.1 Å². The highest BCUT2D eigenvalue weighted by molar-refractivity contribution is 5.79. The van der Waals surface area contributed by atoms with Crippen LogP contribution in [0, 0.1) is 5.92 Å². The molecule has 0 aromatic carbocycles. The molecule has 2 bridgehead atoms. The molecular formula is C14H23N3O3. The molecule has 6 heteroatoms. The van der Waals surface area contributed by atoms with E-state index in [0.717, 1.165) is 32.5 Å². The van der Waals surface area contributed by atoms with Gasteiger partial charge in [0.1, 0.15) is 0 Å². The number of carboxylic acid groups (broad SMARTS) is 1. The number of carbonyl (C=O) groups is 2. The maximum atomic E-state index is 12.3. The zero-order valence-corrected chi connectivity index (χ0v) is 11.8. The van der Waals surface area contributed by atoms with E-state index in [-0.39, 0.29) is 24.0 Å². The van der Waals surface area contributed by atoms with Crippen LogP contribution in [0.15, 0.2) is 0 Å². The lowest BCUT2D eigenvalue weighted by Crippen LogP contribution is -2.46. The van der Waals surface area contributed by atoms with Gasteiger partial charge in [0.2, 0.25) is 0 Å². The van der Waals surface area contributed by atoms with Gasteiger partial charge in [0.15, 0.2) is 0 Å². The van der Waals surface area contributed by atoms with E-state index in [0.29, 0.717) is 13.0 Å². The van der Waals surface area contributed by atoms with E-state index < -0.39 is 5.97 Å². The summed E-state index contributed by atoms with van der Waals surface area (Å²) in [6.45, 7) is 3.82. The van der Waals surface area contributed by atoms with E-state index in [2.05, 4.69) is 10.2 Å². The summed E-state index contributed by atoms with van der Waals surface area (Å²) in [6.07, 6.45) is 4.92. The first kappa shape index (κ1) is 13.7. The van der Waals surface area contributed by atoms with Crippen molar-refractivity contribution < 1.29 is 14.7 Å². The Hall–Kier alpha value is -1.30. The van der Waals surface area contributed by atoms with Crippen LogP contribution in [-0.2, 0) is 4.79 Å². The van der Waals surface area contributed by atoms with Gasteiger partial charge in [-0.25, -0.2) is 4.79 Å². The fourth-order valence-corrected chi connectivity index (χ4v) is 3.99. The number of nitrogens with zero attached hydrogens (tertiary/aromatic N) is 2. The van der Waals surface area contributed by atoms with E-state index >= 15 is 0 Å². The van der Waals surface area contributed by atoms with E-state index in [4.69, 9.17) is 0 Å². The number of nitrogens with one attached hydrogen (secondary N) is 1. The van der Waals surface area contributed by atoms with Crippen LogP contribution in [-0.4, -0.2) is 65.2 Å². The molecule has 0 spiro atoms. The molecule has 3 atom stereocenters. The second-order valence-corrected chi connectivity index (χ2v) is 6.17. The number of likely N-dealkylation sites (tertiary alicyclic amines) is 1. The number of hydrogen-bond donors (Lipinski definition) is 2. The van der Waals surface area contributed by atoms with Gasteiger partial charge >= 0.3 is 12.0 Å². The molecule has 0 aromatic rings. The molecule has 0 radical (unpaired) electrons. The van der Waals surface area contributed by atoms with Gasteiger partial charge in [-0.15, -0.1) is 0 Å². The smallest absolute Gasteiger partial charge is 0.317 e. The first-order valence-electron chi connectivity index (χ1n) is 7.68. The SMILES string of the molecule is O=C(O)C1CC2CCC1N2C(=O)NCCN1CCCC1. The van der Waals surface area contributed by atoms with Gasteiger partial charge in [-0.2, -0.15) is 0 Å². The Morgan fingerprint density at radius 2 is 1.95 bits per heavy atom. The number of carbonyl (C=O) groups excluding carboxylic acids is 1. The number of fused-ring (bicyclic) bond motifs is 2. The summed E-state index contributed by atoms with van der Waals surface area (Å²) in [6, 6.07) is -0.0300. The second-order valence-electron chi connectivity index (χ2n) is 6.17. The van der Waals surface area contributed by atoms with Crippen molar-refractivity contribution in [1.82, 2.24) is 15.1 Å². The molecule has 3 heterocycles. The van der Waals surface area contributed by atoms with Crippen molar-refractivity contribution in [2.45, 2.75) is 44.2 Å². The van der Waals surface area contributed by atoms with Crippen molar-refractivity contribution in [3.8, 4) is 0 Å². The van der Waals surface area contributed by atoms with Crippen molar-refractivity contribution in [1.29, 1.82) is 0 Å². The topological polar surface area (TPSA) is 72.9 Å². The fraction of sp³-hybridized carbons (Fsp3) is 0.857. The van der Waals surface area contributed by atoms with Gasteiger partial charge in [0, 0.05) is 25.2 Å². The molecule has 0 aliphatic carbocycles. The van der Waals surface area contributed by atoms with Gasteiger partial charge in [-0.1, -0.05) is 0 Å². The van der Waals surface area contributed by atoms with Gasteiger partial charge in [-0.05, 0) is 45.2 Å². The first-order valence-corrected chi connectivity index (χ1v) is 7.68. The highest BCUT2D eigenvalue weighted by atomic mass is 16.4. The third-order valence-electron chi connectivity index (χ3n) is 4.99. The van der Waals surface area contributed by atoms with Crippen LogP contribution in [0.25, 0.3) is 0 Å². The van der Waals surface area contributed by atoms with Crippen LogP contribution in [0.5, 0.6) is 0 Å². The number of carboxylic acids is 1. The largest absolute Gasteiger partial charge is 0.481 e. The zero-order chi connectivity index (χ0) is 14.1. The van der Waals surface area contributed by atoms with Crippen LogP contribution in [0.4, 0.5) is 4.79 Å². The van der Waals surface area contributed by atoms with Crippen LogP contribution in [0.3, 0.4) is 0 Å². The molecule has 2 amide bonds.